The normalized spacial score (nSPS) is 15.4. The summed E-state index contributed by atoms with van der Waals surface area (Å²) in [5.41, 5.74) is 7.09. The summed E-state index contributed by atoms with van der Waals surface area (Å²) in [6.07, 6.45) is 3.43. The highest BCUT2D eigenvalue weighted by molar-refractivity contribution is 5.73. The van der Waals surface area contributed by atoms with Crippen LogP contribution in [0, 0.1) is 11.3 Å². The molecule has 1 atom stereocenters. The molecule has 1 aromatic heterocycles. The lowest BCUT2D eigenvalue weighted by molar-refractivity contribution is -0.130. The van der Waals surface area contributed by atoms with E-state index >= 15 is 0 Å². The molecule has 1 unspecified atom stereocenters. The zero-order valence-corrected chi connectivity index (χ0v) is 14.4. The number of amides is 1. The Morgan fingerprint density at radius 2 is 1.84 bits per heavy atom. The number of carbonyl (C=O) groups excluding carboxylic acids is 1. The van der Waals surface area contributed by atoms with Crippen LogP contribution in [0.3, 0.4) is 0 Å². The molecule has 1 amide bonds. The van der Waals surface area contributed by atoms with Crippen molar-refractivity contribution < 1.29 is 4.79 Å². The predicted octanol–water partition coefficient (Wildman–Crippen LogP) is 2.08. The molecule has 1 aromatic carbocycles. The number of hydrogen-bond donors (Lipinski definition) is 1. The summed E-state index contributed by atoms with van der Waals surface area (Å²) >= 11 is 0. The Bertz CT molecular complexity index is 691. The van der Waals surface area contributed by atoms with Crippen molar-refractivity contribution in [1.82, 2.24) is 14.8 Å². The number of nitrogens with zero attached hydrogens (tertiary/aromatic N) is 4. The Hall–Kier alpha value is -2.91. The molecule has 1 saturated heterocycles. The van der Waals surface area contributed by atoms with Gasteiger partial charge in [0, 0.05) is 56.7 Å². The van der Waals surface area contributed by atoms with Crippen LogP contribution in [0.25, 0.3) is 0 Å². The third kappa shape index (κ3) is 5.59. The number of benzene rings is 1. The average Bonchev–Trinajstić information content (AvgIpc) is 2.65. The first kappa shape index (κ1) is 18.4. The molecule has 0 radical (unpaired) electrons. The Balaban J connectivity index is 0.000000269. The number of anilines is 1. The maximum atomic E-state index is 11.2. The van der Waals surface area contributed by atoms with Gasteiger partial charge in [-0.15, -0.1) is 0 Å². The van der Waals surface area contributed by atoms with Gasteiger partial charge in [-0.1, -0.05) is 24.3 Å². The van der Waals surface area contributed by atoms with Gasteiger partial charge in [-0.25, -0.2) is 0 Å². The van der Waals surface area contributed by atoms with E-state index in [0.29, 0.717) is 13.1 Å². The smallest absolute Gasteiger partial charge is 0.219 e. The fourth-order valence-electron chi connectivity index (χ4n) is 2.65. The van der Waals surface area contributed by atoms with Crippen LogP contribution in [0.4, 0.5) is 5.69 Å². The van der Waals surface area contributed by atoms with Crippen molar-refractivity contribution in [2.24, 2.45) is 0 Å². The molecule has 130 valence electrons. The van der Waals surface area contributed by atoms with Crippen LogP contribution in [0.15, 0.2) is 54.9 Å². The van der Waals surface area contributed by atoms with Crippen LogP contribution >= 0.6 is 0 Å². The topological polar surface area (TPSA) is 86.2 Å². The molecule has 1 aliphatic heterocycles. The van der Waals surface area contributed by atoms with Crippen LogP contribution in [0.1, 0.15) is 18.5 Å². The van der Waals surface area contributed by atoms with Gasteiger partial charge >= 0.3 is 0 Å². The number of rotatable bonds is 2. The summed E-state index contributed by atoms with van der Waals surface area (Å²) in [4.78, 5) is 19.2. The predicted molar refractivity (Wildman–Crippen MR) is 97.3 cm³/mol. The Labute approximate surface area is 148 Å². The van der Waals surface area contributed by atoms with E-state index < -0.39 is 0 Å². The van der Waals surface area contributed by atoms with Crippen LogP contribution in [-0.4, -0.2) is 46.9 Å². The summed E-state index contributed by atoms with van der Waals surface area (Å²) < 4.78 is 0. The minimum absolute atomic E-state index is 0.101. The van der Waals surface area contributed by atoms with Crippen molar-refractivity contribution in [2.75, 3.05) is 31.9 Å². The van der Waals surface area contributed by atoms with Crippen molar-refractivity contribution in [3.05, 3.63) is 60.4 Å². The standard InChI is InChI=1S/C13H16N4O.C6H7N/c1-11(18)16-5-7-17(8-6-16)13(9-14)12-3-2-4-15-10-12;7-6-4-2-1-3-5-6/h2-4,10,13H,5-8H2,1H3;1-5H,7H2. The van der Waals surface area contributed by atoms with E-state index in [-0.39, 0.29) is 11.9 Å². The first-order chi connectivity index (χ1) is 12.1. The number of nitrogen functional groups attached to an aromatic ring is 1. The maximum Gasteiger partial charge on any atom is 0.219 e. The summed E-state index contributed by atoms with van der Waals surface area (Å²) in [5, 5.41) is 9.31. The lowest BCUT2D eigenvalue weighted by Crippen LogP contribution is -2.48. The fraction of sp³-hybridized carbons (Fsp3) is 0.316. The number of aromatic nitrogens is 1. The molecule has 6 heteroatoms. The van der Waals surface area contributed by atoms with Gasteiger partial charge in [0.2, 0.25) is 5.91 Å². The number of hydrogen-bond acceptors (Lipinski definition) is 5. The van der Waals surface area contributed by atoms with Crippen molar-refractivity contribution in [3.63, 3.8) is 0 Å². The SMILES string of the molecule is CC(=O)N1CCN(C(C#N)c2cccnc2)CC1.Nc1ccccc1. The Morgan fingerprint density at radius 1 is 1.16 bits per heavy atom. The van der Waals surface area contributed by atoms with Crippen molar-refractivity contribution >= 4 is 11.6 Å². The molecule has 3 rings (SSSR count). The molecule has 1 aliphatic rings. The van der Waals surface area contributed by atoms with E-state index in [0.717, 1.165) is 24.3 Å². The van der Waals surface area contributed by atoms with Gasteiger partial charge in [-0.05, 0) is 18.2 Å². The highest BCUT2D eigenvalue weighted by atomic mass is 16.2. The molecular weight excluding hydrogens is 314 g/mol. The first-order valence-corrected chi connectivity index (χ1v) is 8.21. The van der Waals surface area contributed by atoms with Crippen molar-refractivity contribution in [1.29, 1.82) is 5.26 Å². The van der Waals surface area contributed by atoms with Crippen LogP contribution in [0.2, 0.25) is 0 Å². The molecule has 1 fully saturated rings. The van der Waals surface area contributed by atoms with E-state index in [1.54, 1.807) is 19.3 Å². The van der Waals surface area contributed by atoms with Crippen LogP contribution in [-0.2, 0) is 4.79 Å². The molecule has 6 nitrogen and oxygen atoms in total. The Morgan fingerprint density at radius 3 is 2.28 bits per heavy atom. The van der Waals surface area contributed by atoms with Gasteiger partial charge in [0.15, 0.2) is 0 Å². The number of para-hydroxylation sites is 1. The summed E-state index contributed by atoms with van der Waals surface area (Å²) in [5.74, 6) is 0.101. The van der Waals surface area contributed by atoms with E-state index in [1.807, 2.05) is 47.4 Å². The number of carbonyl (C=O) groups is 1. The van der Waals surface area contributed by atoms with Crippen molar-refractivity contribution in [3.8, 4) is 6.07 Å². The third-order valence-corrected chi connectivity index (χ3v) is 4.05. The Kier molecular flexibility index (Phi) is 6.93. The monoisotopic (exact) mass is 337 g/mol. The number of nitriles is 1. The van der Waals surface area contributed by atoms with Gasteiger partial charge in [-0.2, -0.15) is 5.26 Å². The zero-order valence-electron chi connectivity index (χ0n) is 14.4. The second-order valence-corrected chi connectivity index (χ2v) is 5.77. The molecule has 0 spiro atoms. The third-order valence-electron chi connectivity index (χ3n) is 4.05. The van der Waals surface area contributed by atoms with Crippen molar-refractivity contribution in [2.45, 2.75) is 13.0 Å². The van der Waals surface area contributed by atoms with E-state index in [4.69, 9.17) is 5.73 Å². The second-order valence-electron chi connectivity index (χ2n) is 5.77. The highest BCUT2D eigenvalue weighted by Crippen LogP contribution is 2.20. The minimum Gasteiger partial charge on any atom is -0.399 e. The zero-order chi connectivity index (χ0) is 18.1. The highest BCUT2D eigenvalue weighted by Gasteiger charge is 2.25. The molecular formula is C19H23N5O. The van der Waals surface area contributed by atoms with Crippen LogP contribution < -0.4 is 5.73 Å². The summed E-state index contributed by atoms with van der Waals surface area (Å²) in [6, 6.07) is 15.3. The van der Waals surface area contributed by atoms with E-state index in [1.165, 1.54) is 0 Å². The number of nitrogens with two attached hydrogens (primary N) is 1. The lowest BCUT2D eigenvalue weighted by Gasteiger charge is -2.36. The average molecular weight is 337 g/mol. The molecule has 2 aromatic rings. The molecule has 0 bridgehead atoms. The van der Waals surface area contributed by atoms with Gasteiger partial charge < -0.3 is 10.6 Å². The number of piperazine rings is 1. The largest absolute Gasteiger partial charge is 0.399 e. The molecule has 25 heavy (non-hydrogen) atoms. The van der Waals surface area contributed by atoms with Gasteiger partial charge in [0.05, 0.1) is 6.07 Å². The van der Waals surface area contributed by atoms with Gasteiger partial charge in [0.1, 0.15) is 6.04 Å². The minimum atomic E-state index is -0.271. The maximum absolute atomic E-state index is 11.2. The molecule has 0 saturated carbocycles. The second kappa shape index (κ2) is 9.40. The number of pyridine rings is 1. The molecule has 2 N–H and O–H groups in total. The lowest BCUT2D eigenvalue weighted by atomic mass is 10.1. The summed E-state index contributed by atoms with van der Waals surface area (Å²) in [7, 11) is 0. The fourth-order valence-corrected chi connectivity index (χ4v) is 2.65. The van der Waals surface area contributed by atoms with E-state index in [9.17, 15) is 10.1 Å². The molecule has 0 aliphatic carbocycles. The van der Waals surface area contributed by atoms with Gasteiger partial charge in [-0.3, -0.25) is 14.7 Å². The summed E-state index contributed by atoms with van der Waals surface area (Å²) in [6.45, 7) is 4.42. The van der Waals surface area contributed by atoms with Gasteiger partial charge in [0.25, 0.3) is 0 Å². The first-order valence-electron chi connectivity index (χ1n) is 8.21. The quantitative estimate of drug-likeness (QED) is 0.848. The van der Waals surface area contributed by atoms with Crippen LogP contribution in [0.5, 0.6) is 0 Å². The van der Waals surface area contributed by atoms with E-state index in [2.05, 4.69) is 16.0 Å². The molecule has 2 heterocycles.